The van der Waals surface area contributed by atoms with Crippen LogP contribution in [0.15, 0.2) is 24.8 Å². The largest absolute Gasteiger partial charge is 0.489 e. The number of hydrogen-bond donors (Lipinski definition) is 0. The number of rotatable bonds is 4. The predicted molar refractivity (Wildman–Crippen MR) is 57.3 cm³/mol. The Balaban J connectivity index is 3.10. The Morgan fingerprint density at radius 3 is 2.86 bits per heavy atom. The fraction of sp³-hybridized carbons (Fsp3) is 0.182. The van der Waals surface area contributed by atoms with Gasteiger partial charge in [-0.2, -0.15) is 0 Å². The molecule has 0 aromatic heterocycles. The predicted octanol–water partition coefficient (Wildman–Crippen LogP) is 3.03. The summed E-state index contributed by atoms with van der Waals surface area (Å²) < 4.78 is 5.31. The van der Waals surface area contributed by atoms with Crippen molar-refractivity contribution in [2.75, 3.05) is 6.61 Å². The second-order valence-corrected chi connectivity index (χ2v) is 3.21. The van der Waals surface area contributed by atoms with Gasteiger partial charge in [0, 0.05) is 5.02 Å². The molecule has 0 spiro atoms. The van der Waals surface area contributed by atoms with Crippen molar-refractivity contribution in [3.63, 3.8) is 0 Å². The van der Waals surface area contributed by atoms with E-state index in [-0.39, 0.29) is 0 Å². The standard InChI is InChI=1S/C11H11ClO2/c1-3-6-14-11-5-4-10(12)8(2)9(11)7-13/h3-5,7H,1,6H2,2H3. The van der Waals surface area contributed by atoms with E-state index in [1.54, 1.807) is 25.1 Å². The van der Waals surface area contributed by atoms with E-state index in [9.17, 15) is 4.79 Å². The van der Waals surface area contributed by atoms with Gasteiger partial charge in [0.1, 0.15) is 12.4 Å². The molecule has 0 aliphatic carbocycles. The average molecular weight is 211 g/mol. The zero-order valence-electron chi connectivity index (χ0n) is 7.92. The molecule has 0 saturated carbocycles. The molecule has 2 nitrogen and oxygen atoms in total. The van der Waals surface area contributed by atoms with Crippen molar-refractivity contribution in [2.45, 2.75) is 6.92 Å². The molecule has 0 aliphatic heterocycles. The van der Waals surface area contributed by atoms with E-state index >= 15 is 0 Å². The number of hydrogen-bond acceptors (Lipinski definition) is 2. The molecular weight excluding hydrogens is 200 g/mol. The van der Waals surface area contributed by atoms with Gasteiger partial charge in [0.05, 0.1) is 5.56 Å². The van der Waals surface area contributed by atoms with Crippen molar-refractivity contribution < 1.29 is 9.53 Å². The van der Waals surface area contributed by atoms with Crippen LogP contribution in [0.5, 0.6) is 5.75 Å². The molecule has 14 heavy (non-hydrogen) atoms. The molecule has 1 aromatic carbocycles. The zero-order valence-corrected chi connectivity index (χ0v) is 8.67. The SMILES string of the molecule is C=CCOc1ccc(Cl)c(C)c1C=O. The van der Waals surface area contributed by atoms with Gasteiger partial charge in [0.2, 0.25) is 0 Å². The second kappa shape index (κ2) is 4.82. The maximum absolute atomic E-state index is 10.8. The lowest BCUT2D eigenvalue weighted by Gasteiger charge is -2.09. The Bertz CT molecular complexity index is 359. The normalized spacial score (nSPS) is 9.57. The van der Waals surface area contributed by atoms with Crippen LogP contribution in [0.3, 0.4) is 0 Å². The number of carbonyl (C=O) groups excluding carboxylic acids is 1. The molecule has 0 aliphatic rings. The molecule has 74 valence electrons. The number of aldehydes is 1. The summed E-state index contributed by atoms with van der Waals surface area (Å²) in [6, 6.07) is 3.39. The summed E-state index contributed by atoms with van der Waals surface area (Å²) in [4.78, 5) is 10.8. The molecular formula is C11H11ClO2. The van der Waals surface area contributed by atoms with Crippen molar-refractivity contribution in [1.82, 2.24) is 0 Å². The lowest BCUT2D eigenvalue weighted by Crippen LogP contribution is -1.99. The number of benzene rings is 1. The monoisotopic (exact) mass is 210 g/mol. The minimum absolute atomic E-state index is 0.377. The first-order valence-electron chi connectivity index (χ1n) is 4.18. The highest BCUT2D eigenvalue weighted by Gasteiger charge is 2.08. The molecule has 1 aromatic rings. The molecule has 0 N–H and O–H groups in total. The van der Waals surface area contributed by atoms with E-state index in [1.807, 2.05) is 0 Å². The molecule has 0 atom stereocenters. The first-order valence-corrected chi connectivity index (χ1v) is 4.56. The molecule has 3 heteroatoms. The second-order valence-electron chi connectivity index (χ2n) is 2.80. The van der Waals surface area contributed by atoms with Crippen molar-refractivity contribution in [1.29, 1.82) is 0 Å². The van der Waals surface area contributed by atoms with Crippen LogP contribution in [0.25, 0.3) is 0 Å². The van der Waals surface area contributed by atoms with Gasteiger partial charge in [-0.1, -0.05) is 24.3 Å². The maximum atomic E-state index is 10.8. The summed E-state index contributed by atoms with van der Waals surface area (Å²) in [6.45, 7) is 5.69. The maximum Gasteiger partial charge on any atom is 0.154 e. The topological polar surface area (TPSA) is 26.3 Å². The molecule has 0 radical (unpaired) electrons. The van der Waals surface area contributed by atoms with Gasteiger partial charge >= 0.3 is 0 Å². The van der Waals surface area contributed by atoms with Gasteiger partial charge in [-0.25, -0.2) is 0 Å². The first kappa shape index (κ1) is 10.8. The van der Waals surface area contributed by atoms with Crippen LogP contribution in [0.4, 0.5) is 0 Å². The zero-order chi connectivity index (χ0) is 10.6. The smallest absolute Gasteiger partial charge is 0.154 e. The van der Waals surface area contributed by atoms with E-state index in [0.29, 0.717) is 22.9 Å². The summed E-state index contributed by atoms with van der Waals surface area (Å²) in [5.41, 5.74) is 1.24. The molecule has 0 unspecified atom stereocenters. The fourth-order valence-corrected chi connectivity index (χ4v) is 1.26. The third-order valence-electron chi connectivity index (χ3n) is 1.88. The summed E-state index contributed by atoms with van der Waals surface area (Å²) in [5.74, 6) is 0.543. The van der Waals surface area contributed by atoms with Crippen molar-refractivity contribution >= 4 is 17.9 Å². The van der Waals surface area contributed by atoms with Crippen molar-refractivity contribution in [3.05, 3.63) is 40.9 Å². The number of halogens is 1. The van der Waals surface area contributed by atoms with Gasteiger partial charge in [-0.3, -0.25) is 4.79 Å². The van der Waals surface area contributed by atoms with E-state index in [1.165, 1.54) is 0 Å². The minimum Gasteiger partial charge on any atom is -0.489 e. The Hall–Kier alpha value is -1.28. The van der Waals surface area contributed by atoms with Crippen LogP contribution >= 0.6 is 11.6 Å². The van der Waals surface area contributed by atoms with Gasteiger partial charge < -0.3 is 4.74 Å². The van der Waals surface area contributed by atoms with Crippen LogP contribution < -0.4 is 4.74 Å². The van der Waals surface area contributed by atoms with Crippen LogP contribution in [0.1, 0.15) is 15.9 Å². The Morgan fingerprint density at radius 1 is 1.57 bits per heavy atom. The van der Waals surface area contributed by atoms with Crippen molar-refractivity contribution in [2.24, 2.45) is 0 Å². The van der Waals surface area contributed by atoms with E-state index in [2.05, 4.69) is 6.58 Å². The quantitative estimate of drug-likeness (QED) is 0.564. The van der Waals surface area contributed by atoms with Gasteiger partial charge in [0.25, 0.3) is 0 Å². The summed E-state index contributed by atoms with van der Waals surface area (Å²) in [5, 5.41) is 0.568. The van der Waals surface area contributed by atoms with Crippen molar-refractivity contribution in [3.8, 4) is 5.75 Å². The van der Waals surface area contributed by atoms with E-state index in [4.69, 9.17) is 16.3 Å². The van der Waals surface area contributed by atoms with Gasteiger partial charge in [0.15, 0.2) is 6.29 Å². The average Bonchev–Trinajstić information content (AvgIpc) is 2.20. The highest BCUT2D eigenvalue weighted by atomic mass is 35.5. The fourth-order valence-electron chi connectivity index (χ4n) is 1.10. The first-order chi connectivity index (χ1) is 6.70. The Morgan fingerprint density at radius 2 is 2.29 bits per heavy atom. The van der Waals surface area contributed by atoms with Crippen LogP contribution in [0, 0.1) is 6.92 Å². The Labute approximate surface area is 88.1 Å². The lowest BCUT2D eigenvalue weighted by atomic mass is 10.1. The van der Waals surface area contributed by atoms with E-state index in [0.717, 1.165) is 11.8 Å². The summed E-state index contributed by atoms with van der Waals surface area (Å²) in [7, 11) is 0. The molecule has 0 heterocycles. The highest BCUT2D eigenvalue weighted by molar-refractivity contribution is 6.31. The molecule has 0 saturated heterocycles. The van der Waals surface area contributed by atoms with Gasteiger partial charge in [-0.15, -0.1) is 0 Å². The summed E-state index contributed by atoms with van der Waals surface area (Å²) >= 11 is 5.86. The lowest BCUT2D eigenvalue weighted by molar-refractivity contribution is 0.111. The molecule has 0 fully saturated rings. The third kappa shape index (κ3) is 2.15. The third-order valence-corrected chi connectivity index (χ3v) is 2.29. The van der Waals surface area contributed by atoms with Crippen LogP contribution in [0.2, 0.25) is 5.02 Å². The van der Waals surface area contributed by atoms with E-state index < -0.39 is 0 Å². The number of carbonyl (C=O) groups is 1. The van der Waals surface area contributed by atoms with Crippen LogP contribution in [-0.2, 0) is 0 Å². The minimum atomic E-state index is 0.377. The summed E-state index contributed by atoms with van der Waals surface area (Å²) in [6.07, 6.45) is 2.37. The molecule has 0 amide bonds. The highest BCUT2D eigenvalue weighted by Crippen LogP contribution is 2.26. The number of ether oxygens (including phenoxy) is 1. The molecule has 0 bridgehead atoms. The molecule has 1 rings (SSSR count). The van der Waals surface area contributed by atoms with Gasteiger partial charge in [-0.05, 0) is 24.6 Å². The van der Waals surface area contributed by atoms with Crippen LogP contribution in [-0.4, -0.2) is 12.9 Å². The Kier molecular flexibility index (Phi) is 3.72.